The average molecular weight is 349 g/mol. The van der Waals surface area contributed by atoms with E-state index < -0.39 is 0 Å². The molecule has 0 aliphatic rings. The minimum absolute atomic E-state index is 0.116. The normalized spacial score (nSPS) is 11.2. The van der Waals surface area contributed by atoms with Crippen molar-refractivity contribution in [3.05, 3.63) is 54.7 Å². The Morgan fingerprint density at radius 1 is 1.15 bits per heavy atom. The van der Waals surface area contributed by atoms with Crippen molar-refractivity contribution >= 4 is 22.8 Å². The zero-order valence-corrected chi connectivity index (χ0v) is 14.7. The van der Waals surface area contributed by atoms with Gasteiger partial charge in [-0.2, -0.15) is 0 Å². The highest BCUT2D eigenvalue weighted by Crippen LogP contribution is 2.29. The van der Waals surface area contributed by atoms with Crippen LogP contribution < -0.4 is 4.74 Å². The van der Waals surface area contributed by atoms with Crippen LogP contribution in [0.1, 0.15) is 6.92 Å². The molecule has 0 fully saturated rings. The van der Waals surface area contributed by atoms with E-state index in [1.807, 2.05) is 59.3 Å². The van der Waals surface area contributed by atoms with Crippen molar-refractivity contribution in [3.63, 3.8) is 0 Å². The van der Waals surface area contributed by atoms with Crippen molar-refractivity contribution in [2.24, 2.45) is 0 Å². The zero-order valence-electron chi connectivity index (χ0n) is 14.7. The molecular formula is C20H19N3O3. The van der Waals surface area contributed by atoms with E-state index in [1.165, 1.54) is 0 Å². The molecular weight excluding hydrogens is 330 g/mol. The van der Waals surface area contributed by atoms with E-state index in [0.717, 1.165) is 28.0 Å². The lowest BCUT2D eigenvalue weighted by Gasteiger charge is -2.02. The summed E-state index contributed by atoms with van der Waals surface area (Å²) in [4.78, 5) is 16.7. The van der Waals surface area contributed by atoms with E-state index in [2.05, 4.69) is 4.40 Å². The lowest BCUT2D eigenvalue weighted by atomic mass is 10.2. The number of nitrogens with zero attached hydrogens (tertiary/aromatic N) is 3. The predicted molar refractivity (Wildman–Crippen MR) is 99.3 cm³/mol. The van der Waals surface area contributed by atoms with Crippen molar-refractivity contribution in [1.82, 2.24) is 14.0 Å². The Morgan fingerprint density at radius 3 is 2.69 bits per heavy atom. The number of fused-ring (bicyclic) bond motifs is 3. The topological polar surface area (TPSA) is 57.8 Å². The third-order valence-electron chi connectivity index (χ3n) is 4.29. The summed E-state index contributed by atoms with van der Waals surface area (Å²) in [5, 5.41) is 0. The number of imidazole rings is 2. The maximum atomic E-state index is 12.0. The van der Waals surface area contributed by atoms with Crippen LogP contribution in [0.2, 0.25) is 0 Å². The van der Waals surface area contributed by atoms with Gasteiger partial charge in [-0.05, 0) is 19.1 Å². The lowest BCUT2D eigenvalue weighted by molar-refractivity contribution is -0.143. The van der Waals surface area contributed by atoms with Crippen LogP contribution in [-0.4, -0.2) is 33.6 Å². The Morgan fingerprint density at radius 2 is 1.96 bits per heavy atom. The van der Waals surface area contributed by atoms with Gasteiger partial charge in [0.1, 0.15) is 12.3 Å². The average Bonchev–Trinajstić information content (AvgIpc) is 3.20. The largest absolute Gasteiger partial charge is 0.497 e. The first kappa shape index (κ1) is 16.2. The molecule has 0 aliphatic heterocycles. The van der Waals surface area contributed by atoms with Gasteiger partial charge < -0.3 is 14.0 Å². The fourth-order valence-electron chi connectivity index (χ4n) is 3.14. The monoisotopic (exact) mass is 349 g/mol. The Bertz CT molecular complexity index is 1080. The van der Waals surface area contributed by atoms with Crippen molar-refractivity contribution in [1.29, 1.82) is 0 Å². The van der Waals surface area contributed by atoms with Gasteiger partial charge in [0.25, 0.3) is 0 Å². The number of aromatic nitrogens is 3. The van der Waals surface area contributed by atoms with Crippen LogP contribution in [-0.2, 0) is 16.1 Å². The minimum Gasteiger partial charge on any atom is -0.497 e. The van der Waals surface area contributed by atoms with Crippen LogP contribution in [0, 0.1) is 0 Å². The molecule has 0 N–H and O–H groups in total. The second kappa shape index (κ2) is 6.55. The van der Waals surface area contributed by atoms with E-state index in [0.29, 0.717) is 12.4 Å². The van der Waals surface area contributed by atoms with Gasteiger partial charge in [0.2, 0.25) is 5.78 Å². The van der Waals surface area contributed by atoms with Crippen molar-refractivity contribution in [2.75, 3.05) is 13.7 Å². The van der Waals surface area contributed by atoms with E-state index in [1.54, 1.807) is 14.0 Å². The van der Waals surface area contributed by atoms with Gasteiger partial charge in [-0.3, -0.25) is 9.20 Å². The summed E-state index contributed by atoms with van der Waals surface area (Å²) >= 11 is 0. The molecule has 0 atom stereocenters. The number of carbonyl (C=O) groups is 1. The number of rotatable bonds is 5. The molecule has 0 unspecified atom stereocenters. The summed E-state index contributed by atoms with van der Waals surface area (Å²) in [6, 6.07) is 15.8. The lowest BCUT2D eigenvalue weighted by Crippen LogP contribution is -2.12. The second-order valence-electron chi connectivity index (χ2n) is 5.92. The molecule has 0 saturated carbocycles. The number of hydrogen-bond acceptors (Lipinski definition) is 4. The van der Waals surface area contributed by atoms with Gasteiger partial charge in [-0.15, -0.1) is 0 Å². The number of esters is 1. The fraction of sp³-hybridized carbons (Fsp3) is 0.200. The van der Waals surface area contributed by atoms with Gasteiger partial charge >= 0.3 is 5.97 Å². The third-order valence-corrected chi connectivity index (χ3v) is 4.29. The Labute approximate surface area is 150 Å². The van der Waals surface area contributed by atoms with Crippen LogP contribution >= 0.6 is 0 Å². The van der Waals surface area contributed by atoms with Gasteiger partial charge in [0.05, 0.1) is 30.4 Å². The molecule has 2 aromatic carbocycles. The number of hydrogen-bond donors (Lipinski definition) is 0. The Kier molecular flexibility index (Phi) is 4.08. The zero-order chi connectivity index (χ0) is 18.1. The molecule has 0 spiro atoms. The van der Waals surface area contributed by atoms with Crippen molar-refractivity contribution in [2.45, 2.75) is 13.5 Å². The van der Waals surface area contributed by atoms with Gasteiger partial charge in [-0.1, -0.05) is 30.3 Å². The summed E-state index contributed by atoms with van der Waals surface area (Å²) in [5.41, 5.74) is 3.80. The number of ether oxygens (including phenoxy) is 2. The van der Waals surface area contributed by atoms with E-state index in [-0.39, 0.29) is 12.5 Å². The molecule has 132 valence electrons. The molecule has 0 aliphatic carbocycles. The first-order valence-electron chi connectivity index (χ1n) is 8.47. The third kappa shape index (κ3) is 2.69. The molecule has 0 saturated heterocycles. The van der Waals surface area contributed by atoms with Crippen LogP contribution in [0.4, 0.5) is 0 Å². The molecule has 2 heterocycles. The smallest absolute Gasteiger partial charge is 0.326 e. The first-order chi connectivity index (χ1) is 12.7. The Balaban J connectivity index is 1.95. The van der Waals surface area contributed by atoms with Crippen LogP contribution in [0.5, 0.6) is 5.75 Å². The maximum Gasteiger partial charge on any atom is 0.326 e. The molecule has 0 amide bonds. The summed E-state index contributed by atoms with van der Waals surface area (Å²) < 4.78 is 14.3. The highest BCUT2D eigenvalue weighted by Gasteiger charge is 2.18. The van der Waals surface area contributed by atoms with Crippen LogP contribution in [0.25, 0.3) is 28.1 Å². The first-order valence-corrected chi connectivity index (χ1v) is 8.47. The predicted octanol–water partition coefficient (Wildman–Crippen LogP) is 3.53. The highest BCUT2D eigenvalue weighted by atomic mass is 16.5. The molecule has 4 rings (SSSR count). The molecule has 0 bridgehead atoms. The Hall–Kier alpha value is -3.28. The summed E-state index contributed by atoms with van der Waals surface area (Å²) in [6.07, 6.45) is 1.94. The van der Waals surface area contributed by atoms with Gasteiger partial charge in [-0.25, -0.2) is 4.98 Å². The van der Waals surface area contributed by atoms with Crippen LogP contribution in [0.3, 0.4) is 0 Å². The van der Waals surface area contributed by atoms with Crippen LogP contribution in [0.15, 0.2) is 54.7 Å². The van der Waals surface area contributed by atoms with Crippen molar-refractivity contribution < 1.29 is 14.3 Å². The van der Waals surface area contributed by atoms with Crippen molar-refractivity contribution in [3.8, 4) is 17.0 Å². The highest BCUT2D eigenvalue weighted by molar-refractivity contribution is 5.85. The molecule has 4 aromatic rings. The van der Waals surface area contributed by atoms with Gasteiger partial charge in [0, 0.05) is 17.8 Å². The van der Waals surface area contributed by atoms with Gasteiger partial charge in [0.15, 0.2) is 0 Å². The number of benzene rings is 2. The molecule has 6 nitrogen and oxygen atoms in total. The quantitative estimate of drug-likeness (QED) is 0.517. The fourth-order valence-corrected chi connectivity index (χ4v) is 3.14. The van der Waals surface area contributed by atoms with E-state index in [4.69, 9.17) is 14.5 Å². The standard InChI is InChI=1S/C20H19N3O3/c1-3-26-19(24)13-22-12-18(14-7-5-4-6-8-14)23-17-10-9-15(25-2)11-16(17)21-20(22)23/h4-12H,3,13H2,1-2H3. The molecule has 0 radical (unpaired) electrons. The second-order valence-corrected chi connectivity index (χ2v) is 5.92. The molecule has 6 heteroatoms. The van der Waals surface area contributed by atoms with E-state index >= 15 is 0 Å². The maximum absolute atomic E-state index is 12.0. The summed E-state index contributed by atoms with van der Waals surface area (Å²) in [5.74, 6) is 1.16. The number of carbonyl (C=O) groups excluding carboxylic acids is 1. The number of methoxy groups -OCH3 is 1. The SMILES string of the molecule is CCOC(=O)Cn1cc(-c2ccccc2)n2c3ccc(OC)cc3nc12. The molecule has 2 aromatic heterocycles. The summed E-state index contributed by atoms with van der Waals surface area (Å²) in [7, 11) is 1.63. The minimum atomic E-state index is -0.283. The van der Waals surface area contributed by atoms with E-state index in [9.17, 15) is 4.79 Å². The summed E-state index contributed by atoms with van der Waals surface area (Å²) in [6.45, 7) is 2.27. The molecule has 26 heavy (non-hydrogen) atoms.